The van der Waals surface area contributed by atoms with Crippen molar-refractivity contribution in [3.63, 3.8) is 0 Å². The quantitative estimate of drug-likeness (QED) is 0.549. The van der Waals surface area contributed by atoms with Crippen LogP contribution < -0.4 is 4.90 Å². The average Bonchev–Trinajstić information content (AvgIpc) is 3.07. The zero-order valence-corrected chi connectivity index (χ0v) is 20.3. The molecule has 2 amide bonds. The maximum Gasteiger partial charge on any atom is 0.421 e. The summed E-state index contributed by atoms with van der Waals surface area (Å²) in [5, 5.41) is 0.747. The number of halogens is 1. The van der Waals surface area contributed by atoms with Crippen molar-refractivity contribution in [2.75, 3.05) is 25.2 Å². The van der Waals surface area contributed by atoms with E-state index in [-0.39, 0.29) is 5.91 Å². The van der Waals surface area contributed by atoms with Gasteiger partial charge in [0.05, 0.1) is 12.2 Å². The first-order chi connectivity index (χ1) is 16.1. The molecule has 3 aromatic heterocycles. The number of carbonyl (C=O) groups is 2. The molecule has 0 saturated heterocycles. The van der Waals surface area contributed by atoms with E-state index in [0.717, 1.165) is 23.1 Å². The SMILES string of the molecule is CN1CCc2c(c3ccc(N(C(=O)OC(C)(C)C)c4ccc(CCCF)cn4)nc3n2C)C1=O. The van der Waals surface area contributed by atoms with E-state index in [9.17, 15) is 14.0 Å². The van der Waals surface area contributed by atoms with Crippen molar-refractivity contribution < 1.29 is 18.7 Å². The number of hydrogen-bond acceptors (Lipinski definition) is 5. The van der Waals surface area contributed by atoms with Crippen molar-refractivity contribution in [1.82, 2.24) is 19.4 Å². The summed E-state index contributed by atoms with van der Waals surface area (Å²) in [7, 11) is 3.67. The van der Waals surface area contributed by atoms with Crippen LogP contribution in [0.25, 0.3) is 11.0 Å². The number of pyridine rings is 2. The third kappa shape index (κ3) is 4.47. The number of anilines is 2. The van der Waals surface area contributed by atoms with E-state index in [4.69, 9.17) is 9.72 Å². The second-order valence-electron chi connectivity index (χ2n) is 9.53. The van der Waals surface area contributed by atoms with E-state index in [1.165, 1.54) is 4.90 Å². The molecular weight excluding hydrogens is 437 g/mol. The largest absolute Gasteiger partial charge is 0.443 e. The normalized spacial score (nSPS) is 13.8. The van der Waals surface area contributed by atoms with Crippen LogP contribution in [0.15, 0.2) is 30.5 Å². The summed E-state index contributed by atoms with van der Waals surface area (Å²) in [6.07, 6.45) is 2.74. The van der Waals surface area contributed by atoms with Gasteiger partial charge in [-0.15, -0.1) is 0 Å². The van der Waals surface area contributed by atoms with Crippen molar-refractivity contribution >= 4 is 34.7 Å². The molecule has 0 radical (unpaired) electrons. The Morgan fingerprint density at radius 1 is 1.18 bits per heavy atom. The summed E-state index contributed by atoms with van der Waals surface area (Å²) in [6, 6.07) is 7.05. The van der Waals surface area contributed by atoms with Gasteiger partial charge in [-0.1, -0.05) is 6.07 Å². The van der Waals surface area contributed by atoms with Crippen LogP contribution in [0.3, 0.4) is 0 Å². The minimum absolute atomic E-state index is 0.0315. The fourth-order valence-corrected chi connectivity index (χ4v) is 4.14. The maximum atomic E-state index is 13.2. The Kier molecular flexibility index (Phi) is 6.29. The number of ether oxygens (including phenoxy) is 1. The Morgan fingerprint density at radius 3 is 2.56 bits per heavy atom. The molecule has 3 aromatic rings. The third-order valence-corrected chi connectivity index (χ3v) is 5.83. The van der Waals surface area contributed by atoms with Crippen molar-refractivity contribution in [1.29, 1.82) is 0 Å². The zero-order valence-electron chi connectivity index (χ0n) is 20.3. The molecule has 0 aromatic carbocycles. The van der Waals surface area contributed by atoms with Crippen LogP contribution in [0.1, 0.15) is 48.8 Å². The number of likely N-dealkylation sites (N-methyl/N-ethyl adjacent to an activating group) is 1. The topological polar surface area (TPSA) is 80.6 Å². The van der Waals surface area contributed by atoms with Gasteiger partial charge in [-0.2, -0.15) is 0 Å². The van der Waals surface area contributed by atoms with Gasteiger partial charge in [0, 0.05) is 44.3 Å². The Labute approximate surface area is 198 Å². The molecular formula is C25H30FN5O3. The predicted molar refractivity (Wildman–Crippen MR) is 128 cm³/mol. The molecule has 180 valence electrons. The van der Waals surface area contributed by atoms with Crippen LogP contribution in [0, 0.1) is 0 Å². The van der Waals surface area contributed by atoms with Gasteiger partial charge in [0.15, 0.2) is 0 Å². The monoisotopic (exact) mass is 467 g/mol. The number of aryl methyl sites for hydroxylation is 2. The van der Waals surface area contributed by atoms with E-state index in [1.807, 2.05) is 23.7 Å². The number of alkyl halides is 1. The third-order valence-electron chi connectivity index (χ3n) is 5.83. The van der Waals surface area contributed by atoms with E-state index < -0.39 is 18.4 Å². The highest BCUT2D eigenvalue weighted by Gasteiger charge is 2.31. The summed E-state index contributed by atoms with van der Waals surface area (Å²) < 4.78 is 20.1. The maximum absolute atomic E-state index is 13.2. The highest BCUT2D eigenvalue weighted by molar-refractivity contribution is 6.09. The molecule has 0 bridgehead atoms. The lowest BCUT2D eigenvalue weighted by atomic mass is 10.0. The van der Waals surface area contributed by atoms with E-state index >= 15 is 0 Å². The molecule has 0 fully saturated rings. The second-order valence-corrected chi connectivity index (χ2v) is 9.53. The van der Waals surface area contributed by atoms with E-state index in [1.54, 1.807) is 51.0 Å². The highest BCUT2D eigenvalue weighted by Crippen LogP contribution is 2.32. The predicted octanol–water partition coefficient (Wildman–Crippen LogP) is 4.57. The van der Waals surface area contributed by atoms with Crippen LogP contribution in [-0.4, -0.2) is 57.3 Å². The molecule has 0 atom stereocenters. The molecule has 9 heteroatoms. The first-order valence-electron chi connectivity index (χ1n) is 11.4. The first kappa shape index (κ1) is 23.7. The molecule has 4 rings (SSSR count). The van der Waals surface area contributed by atoms with Gasteiger partial charge >= 0.3 is 6.09 Å². The fourth-order valence-electron chi connectivity index (χ4n) is 4.14. The lowest BCUT2D eigenvalue weighted by molar-refractivity contribution is 0.0597. The van der Waals surface area contributed by atoms with Crippen LogP contribution >= 0.6 is 0 Å². The number of fused-ring (bicyclic) bond motifs is 3. The van der Waals surface area contributed by atoms with Gasteiger partial charge in [-0.3, -0.25) is 9.18 Å². The van der Waals surface area contributed by atoms with Crippen LogP contribution in [0.4, 0.5) is 20.8 Å². The number of carbonyl (C=O) groups excluding carboxylic acids is 2. The number of rotatable bonds is 5. The molecule has 0 spiro atoms. The lowest BCUT2D eigenvalue weighted by Crippen LogP contribution is -2.34. The Bertz CT molecular complexity index is 1230. The standard InChI is InChI=1S/C25H30FN5O3/c1-25(2,3)34-24(33)31(19-10-8-16(15-27-19)7-6-13-26)20-11-9-17-21-18(30(5)22(17)28-20)12-14-29(4)23(21)32/h8-11,15H,6-7,12-14H2,1-5H3. The molecule has 4 heterocycles. The molecule has 0 unspecified atom stereocenters. The van der Waals surface area contributed by atoms with Gasteiger partial charge < -0.3 is 14.2 Å². The van der Waals surface area contributed by atoms with Gasteiger partial charge in [-0.05, 0) is 57.4 Å². The van der Waals surface area contributed by atoms with Crippen molar-refractivity contribution in [2.45, 2.75) is 45.6 Å². The summed E-state index contributed by atoms with van der Waals surface area (Å²) >= 11 is 0. The number of hydrogen-bond donors (Lipinski definition) is 0. The molecule has 1 aliphatic heterocycles. The molecule has 34 heavy (non-hydrogen) atoms. The van der Waals surface area contributed by atoms with E-state index in [0.29, 0.717) is 42.2 Å². The minimum atomic E-state index is -0.721. The van der Waals surface area contributed by atoms with Crippen LogP contribution in [-0.2, 0) is 24.6 Å². The van der Waals surface area contributed by atoms with Gasteiger partial charge in [0.1, 0.15) is 22.9 Å². The first-order valence-corrected chi connectivity index (χ1v) is 11.4. The summed E-state index contributed by atoms with van der Waals surface area (Å²) in [6.45, 7) is 5.63. The second kappa shape index (κ2) is 9.04. The smallest absolute Gasteiger partial charge is 0.421 e. The van der Waals surface area contributed by atoms with Gasteiger partial charge in [0.2, 0.25) is 0 Å². The average molecular weight is 468 g/mol. The Hall–Kier alpha value is -3.49. The Morgan fingerprint density at radius 2 is 1.91 bits per heavy atom. The highest BCUT2D eigenvalue weighted by atomic mass is 19.1. The lowest BCUT2D eigenvalue weighted by Gasteiger charge is -2.26. The minimum Gasteiger partial charge on any atom is -0.443 e. The number of amides is 2. The number of aromatic nitrogens is 3. The summed E-state index contributed by atoms with van der Waals surface area (Å²) in [5.41, 5.74) is 2.36. The molecule has 1 aliphatic rings. The molecule has 0 aliphatic carbocycles. The van der Waals surface area contributed by atoms with Crippen molar-refractivity contribution in [2.24, 2.45) is 7.05 Å². The van der Waals surface area contributed by atoms with Crippen LogP contribution in [0.2, 0.25) is 0 Å². The summed E-state index contributed by atoms with van der Waals surface area (Å²) in [4.78, 5) is 38.3. The van der Waals surface area contributed by atoms with Crippen molar-refractivity contribution in [3.8, 4) is 0 Å². The van der Waals surface area contributed by atoms with Gasteiger partial charge in [-0.25, -0.2) is 19.7 Å². The number of nitrogens with zero attached hydrogens (tertiary/aromatic N) is 5. The van der Waals surface area contributed by atoms with E-state index in [2.05, 4.69) is 4.98 Å². The molecule has 0 N–H and O–H groups in total. The summed E-state index contributed by atoms with van der Waals surface area (Å²) in [5.74, 6) is 0.653. The molecule has 8 nitrogen and oxygen atoms in total. The molecule has 0 saturated carbocycles. The van der Waals surface area contributed by atoms with Crippen LogP contribution in [0.5, 0.6) is 0 Å². The van der Waals surface area contributed by atoms with Gasteiger partial charge in [0.25, 0.3) is 5.91 Å². The fraction of sp³-hybridized carbons (Fsp3) is 0.440. The zero-order chi connectivity index (χ0) is 24.6. The van der Waals surface area contributed by atoms with Crippen molar-refractivity contribution in [3.05, 3.63) is 47.3 Å². The Balaban J connectivity index is 1.79.